The summed E-state index contributed by atoms with van der Waals surface area (Å²) in [5.41, 5.74) is 1.24. The van der Waals surface area contributed by atoms with Gasteiger partial charge in [0.05, 0.1) is 5.38 Å². The molecule has 2 aromatic rings. The van der Waals surface area contributed by atoms with E-state index in [1.54, 1.807) is 0 Å². The third kappa shape index (κ3) is 5.30. The Morgan fingerprint density at radius 3 is 2.16 bits per heavy atom. The first-order valence-electron chi connectivity index (χ1n) is 6.73. The smallest absolute Gasteiger partial charge is 0.0585 e. The van der Waals surface area contributed by atoms with Crippen LogP contribution < -0.4 is 0 Å². The van der Waals surface area contributed by atoms with Crippen LogP contribution in [0.25, 0.3) is 0 Å². The maximum atomic E-state index is 6.40. The Bertz CT molecular complexity index is 455. The van der Waals surface area contributed by atoms with Crippen LogP contribution in [-0.4, -0.2) is 5.75 Å². The van der Waals surface area contributed by atoms with Gasteiger partial charge in [0.1, 0.15) is 0 Å². The molecule has 0 N–H and O–H groups in total. The maximum absolute atomic E-state index is 6.40. The average Bonchev–Trinajstić information content (AvgIpc) is 2.49. The van der Waals surface area contributed by atoms with Gasteiger partial charge >= 0.3 is 0 Å². The van der Waals surface area contributed by atoms with Crippen molar-refractivity contribution in [3.63, 3.8) is 0 Å². The Balaban J connectivity index is 1.62. The molecule has 0 amide bonds. The van der Waals surface area contributed by atoms with Gasteiger partial charge in [-0.05, 0) is 36.3 Å². The minimum absolute atomic E-state index is 0.155. The molecule has 0 heterocycles. The molecule has 2 aromatic carbocycles. The summed E-state index contributed by atoms with van der Waals surface area (Å²) in [5.74, 6) is 1.17. The van der Waals surface area contributed by atoms with Crippen LogP contribution in [0.15, 0.2) is 65.6 Å². The molecule has 0 aliphatic rings. The van der Waals surface area contributed by atoms with Crippen molar-refractivity contribution in [2.75, 3.05) is 5.75 Å². The van der Waals surface area contributed by atoms with Gasteiger partial charge in [0.15, 0.2) is 0 Å². The summed E-state index contributed by atoms with van der Waals surface area (Å²) in [6, 6.07) is 20.9. The normalized spacial score (nSPS) is 12.3. The van der Waals surface area contributed by atoms with Crippen LogP contribution in [0.2, 0.25) is 0 Å². The van der Waals surface area contributed by atoms with Crippen molar-refractivity contribution < 1.29 is 0 Å². The number of unbranched alkanes of at least 4 members (excludes halogenated alkanes) is 1. The highest BCUT2D eigenvalue weighted by molar-refractivity contribution is 7.99. The van der Waals surface area contributed by atoms with E-state index in [4.69, 9.17) is 11.6 Å². The van der Waals surface area contributed by atoms with Crippen LogP contribution >= 0.6 is 23.4 Å². The Morgan fingerprint density at radius 1 is 0.842 bits per heavy atom. The topological polar surface area (TPSA) is 0 Å². The summed E-state index contributed by atoms with van der Waals surface area (Å²) in [4.78, 5) is 1.35. The maximum Gasteiger partial charge on any atom is 0.0585 e. The molecule has 0 radical (unpaired) electrons. The van der Waals surface area contributed by atoms with Gasteiger partial charge < -0.3 is 0 Å². The van der Waals surface area contributed by atoms with Gasteiger partial charge in [0.25, 0.3) is 0 Å². The molecule has 100 valence electrons. The fourth-order valence-corrected chi connectivity index (χ4v) is 3.19. The first-order valence-corrected chi connectivity index (χ1v) is 8.15. The summed E-state index contributed by atoms with van der Waals surface area (Å²) in [6.45, 7) is 0. The van der Waals surface area contributed by atoms with E-state index >= 15 is 0 Å². The van der Waals surface area contributed by atoms with Crippen molar-refractivity contribution in [1.82, 2.24) is 0 Å². The molecular formula is C17H19ClS. The van der Waals surface area contributed by atoms with E-state index in [1.165, 1.54) is 29.1 Å². The number of thioether (sulfide) groups is 1. The first-order chi connectivity index (χ1) is 9.36. The number of hydrogen-bond acceptors (Lipinski definition) is 1. The van der Waals surface area contributed by atoms with Crippen LogP contribution in [0.5, 0.6) is 0 Å². The molecule has 0 aromatic heterocycles. The van der Waals surface area contributed by atoms with Crippen molar-refractivity contribution in [3.8, 4) is 0 Å². The van der Waals surface area contributed by atoms with E-state index in [0.29, 0.717) is 0 Å². The Hall–Kier alpha value is -0.920. The molecular weight excluding hydrogens is 272 g/mol. The first kappa shape index (κ1) is 14.5. The van der Waals surface area contributed by atoms with Gasteiger partial charge in [-0.25, -0.2) is 0 Å². The number of rotatable bonds is 7. The Labute approximate surface area is 125 Å². The van der Waals surface area contributed by atoms with Gasteiger partial charge in [-0.15, -0.1) is 23.4 Å². The molecule has 0 aliphatic carbocycles. The molecule has 2 rings (SSSR count). The van der Waals surface area contributed by atoms with E-state index in [0.717, 1.165) is 6.42 Å². The fourth-order valence-electron chi connectivity index (χ4n) is 1.96. The Morgan fingerprint density at radius 2 is 1.47 bits per heavy atom. The van der Waals surface area contributed by atoms with Gasteiger partial charge in [0.2, 0.25) is 0 Å². The summed E-state index contributed by atoms with van der Waals surface area (Å²) in [7, 11) is 0. The predicted molar refractivity (Wildman–Crippen MR) is 86.1 cm³/mol. The van der Waals surface area contributed by atoms with Crippen molar-refractivity contribution in [1.29, 1.82) is 0 Å². The lowest BCUT2D eigenvalue weighted by molar-refractivity contribution is 0.705. The SMILES string of the molecule is ClC(CCCCSc1ccccc1)c1ccccc1. The van der Waals surface area contributed by atoms with E-state index in [-0.39, 0.29) is 5.38 Å². The number of benzene rings is 2. The van der Waals surface area contributed by atoms with E-state index in [1.807, 2.05) is 17.8 Å². The molecule has 1 unspecified atom stereocenters. The highest BCUT2D eigenvalue weighted by Gasteiger charge is 2.06. The molecule has 19 heavy (non-hydrogen) atoms. The lowest BCUT2D eigenvalue weighted by Gasteiger charge is -2.09. The number of hydrogen-bond donors (Lipinski definition) is 0. The summed E-state index contributed by atoms with van der Waals surface area (Å²) in [6.07, 6.45) is 3.46. The highest BCUT2D eigenvalue weighted by Crippen LogP contribution is 2.27. The fraction of sp³-hybridized carbons (Fsp3) is 0.294. The largest absolute Gasteiger partial charge is 0.126 e. The molecule has 0 nitrogen and oxygen atoms in total. The molecule has 0 spiro atoms. The molecule has 0 bridgehead atoms. The molecule has 0 fully saturated rings. The quantitative estimate of drug-likeness (QED) is 0.346. The Kier molecular flexibility index (Phi) is 6.32. The predicted octanol–water partition coefficient (Wildman–Crippen LogP) is 5.93. The lowest BCUT2D eigenvalue weighted by Crippen LogP contribution is -1.91. The van der Waals surface area contributed by atoms with Crippen LogP contribution in [-0.2, 0) is 0 Å². The second-order valence-electron chi connectivity index (χ2n) is 4.54. The minimum Gasteiger partial charge on any atom is -0.126 e. The third-order valence-corrected chi connectivity index (χ3v) is 4.59. The second kappa shape index (κ2) is 8.29. The molecule has 0 saturated carbocycles. The van der Waals surface area contributed by atoms with Crippen molar-refractivity contribution >= 4 is 23.4 Å². The number of halogens is 1. The molecule has 2 heteroatoms. The monoisotopic (exact) mass is 290 g/mol. The average molecular weight is 291 g/mol. The summed E-state index contributed by atoms with van der Waals surface area (Å²) >= 11 is 8.32. The van der Waals surface area contributed by atoms with Crippen LogP contribution in [0, 0.1) is 0 Å². The van der Waals surface area contributed by atoms with Crippen molar-refractivity contribution in [2.45, 2.75) is 29.5 Å². The highest BCUT2D eigenvalue weighted by atomic mass is 35.5. The van der Waals surface area contributed by atoms with Crippen LogP contribution in [0.4, 0.5) is 0 Å². The zero-order valence-corrected chi connectivity index (χ0v) is 12.5. The van der Waals surface area contributed by atoms with Gasteiger partial charge in [0, 0.05) is 4.90 Å². The zero-order valence-electron chi connectivity index (χ0n) is 11.0. The van der Waals surface area contributed by atoms with Crippen molar-refractivity contribution in [2.24, 2.45) is 0 Å². The van der Waals surface area contributed by atoms with E-state index in [2.05, 4.69) is 54.6 Å². The molecule has 1 atom stereocenters. The standard InChI is InChI=1S/C17H19ClS/c18-17(15-9-3-1-4-10-15)13-7-8-14-19-16-11-5-2-6-12-16/h1-6,9-12,17H,7-8,13-14H2. The van der Waals surface area contributed by atoms with E-state index in [9.17, 15) is 0 Å². The summed E-state index contributed by atoms with van der Waals surface area (Å²) in [5, 5.41) is 0.155. The van der Waals surface area contributed by atoms with Crippen LogP contribution in [0.1, 0.15) is 30.2 Å². The van der Waals surface area contributed by atoms with Crippen LogP contribution in [0.3, 0.4) is 0 Å². The number of alkyl halides is 1. The third-order valence-electron chi connectivity index (χ3n) is 3.03. The van der Waals surface area contributed by atoms with Gasteiger partial charge in [-0.2, -0.15) is 0 Å². The molecule has 0 aliphatic heterocycles. The summed E-state index contributed by atoms with van der Waals surface area (Å²) < 4.78 is 0. The zero-order chi connectivity index (χ0) is 13.3. The minimum atomic E-state index is 0.155. The second-order valence-corrected chi connectivity index (χ2v) is 6.23. The van der Waals surface area contributed by atoms with Gasteiger partial charge in [-0.3, -0.25) is 0 Å². The lowest BCUT2D eigenvalue weighted by atomic mass is 10.1. The van der Waals surface area contributed by atoms with E-state index < -0.39 is 0 Å². The van der Waals surface area contributed by atoms with Gasteiger partial charge in [-0.1, -0.05) is 55.0 Å². The van der Waals surface area contributed by atoms with Crippen molar-refractivity contribution in [3.05, 3.63) is 66.2 Å². The molecule has 0 saturated heterocycles.